The van der Waals surface area contributed by atoms with Gasteiger partial charge in [-0.05, 0) is 31.0 Å². The van der Waals surface area contributed by atoms with E-state index in [4.69, 9.17) is 9.47 Å². The molecule has 0 radical (unpaired) electrons. The van der Waals surface area contributed by atoms with Crippen molar-refractivity contribution in [2.45, 2.75) is 32.3 Å². The van der Waals surface area contributed by atoms with E-state index in [-0.39, 0.29) is 18.3 Å². The van der Waals surface area contributed by atoms with E-state index in [2.05, 4.69) is 0 Å². The minimum absolute atomic E-state index is 0.00324. The van der Waals surface area contributed by atoms with E-state index < -0.39 is 17.6 Å². The summed E-state index contributed by atoms with van der Waals surface area (Å²) in [5.74, 6) is -2.72. The third-order valence-corrected chi connectivity index (χ3v) is 2.66. The number of ether oxygens (including phenoxy) is 2. The molecule has 0 fully saturated rings. The van der Waals surface area contributed by atoms with Crippen molar-refractivity contribution < 1.29 is 23.0 Å². The molecule has 0 aromatic heterocycles. The lowest BCUT2D eigenvalue weighted by atomic mass is 10.1. The standard InChI is InChI=1S/C14H18F2O3/c1-3-4-5-11(9-18-2)19-14(17)10-6-7-12(15)13(16)8-10/h6-8,11H,3-5,9H2,1-2H3. The Hall–Kier alpha value is -1.49. The van der Waals surface area contributed by atoms with Crippen LogP contribution >= 0.6 is 0 Å². The van der Waals surface area contributed by atoms with E-state index in [0.717, 1.165) is 25.0 Å². The summed E-state index contributed by atoms with van der Waals surface area (Å²) in [6.07, 6.45) is 2.19. The van der Waals surface area contributed by atoms with Crippen LogP contribution in [0.2, 0.25) is 0 Å². The van der Waals surface area contributed by atoms with Gasteiger partial charge < -0.3 is 9.47 Å². The molecule has 0 spiro atoms. The lowest BCUT2D eigenvalue weighted by Crippen LogP contribution is -2.23. The molecule has 3 nitrogen and oxygen atoms in total. The van der Waals surface area contributed by atoms with Crippen LogP contribution in [0.15, 0.2) is 18.2 Å². The second-order valence-corrected chi connectivity index (χ2v) is 4.25. The van der Waals surface area contributed by atoms with Gasteiger partial charge in [0.1, 0.15) is 6.10 Å². The third kappa shape index (κ3) is 4.95. The zero-order chi connectivity index (χ0) is 14.3. The highest BCUT2D eigenvalue weighted by Gasteiger charge is 2.17. The minimum Gasteiger partial charge on any atom is -0.456 e. The van der Waals surface area contributed by atoms with Gasteiger partial charge in [-0.3, -0.25) is 0 Å². The van der Waals surface area contributed by atoms with Gasteiger partial charge in [-0.25, -0.2) is 13.6 Å². The van der Waals surface area contributed by atoms with Crippen molar-refractivity contribution in [3.8, 4) is 0 Å². The van der Waals surface area contributed by atoms with E-state index in [1.54, 1.807) is 0 Å². The molecule has 0 aliphatic carbocycles. The van der Waals surface area contributed by atoms with Gasteiger partial charge in [0.2, 0.25) is 0 Å². The van der Waals surface area contributed by atoms with Gasteiger partial charge in [-0.15, -0.1) is 0 Å². The first-order valence-electron chi connectivity index (χ1n) is 6.23. The van der Waals surface area contributed by atoms with Crippen molar-refractivity contribution in [3.05, 3.63) is 35.4 Å². The molecular weight excluding hydrogens is 254 g/mol. The molecule has 1 rings (SSSR count). The molecule has 0 bridgehead atoms. The number of halogens is 2. The highest BCUT2D eigenvalue weighted by atomic mass is 19.2. The van der Waals surface area contributed by atoms with Crippen molar-refractivity contribution in [1.29, 1.82) is 0 Å². The van der Waals surface area contributed by atoms with Crippen LogP contribution in [0.5, 0.6) is 0 Å². The Morgan fingerprint density at radius 1 is 1.32 bits per heavy atom. The fourth-order valence-corrected chi connectivity index (χ4v) is 1.64. The fraction of sp³-hybridized carbons (Fsp3) is 0.500. The molecule has 0 aliphatic heterocycles. The molecule has 1 unspecified atom stereocenters. The lowest BCUT2D eigenvalue weighted by Gasteiger charge is -2.16. The van der Waals surface area contributed by atoms with Gasteiger partial charge in [0.25, 0.3) is 0 Å². The summed E-state index contributed by atoms with van der Waals surface area (Å²) in [5.41, 5.74) is -0.00324. The number of esters is 1. The maximum absolute atomic E-state index is 13.0. The summed E-state index contributed by atoms with van der Waals surface area (Å²) in [7, 11) is 1.52. The summed E-state index contributed by atoms with van der Waals surface area (Å²) >= 11 is 0. The summed E-state index contributed by atoms with van der Waals surface area (Å²) in [4.78, 5) is 11.8. The van der Waals surface area contributed by atoms with Crippen molar-refractivity contribution in [2.24, 2.45) is 0 Å². The molecule has 1 aromatic rings. The summed E-state index contributed by atoms with van der Waals surface area (Å²) < 4.78 is 36.0. The topological polar surface area (TPSA) is 35.5 Å². The van der Waals surface area contributed by atoms with Gasteiger partial charge in [-0.2, -0.15) is 0 Å². The highest BCUT2D eigenvalue weighted by Crippen LogP contribution is 2.13. The average molecular weight is 272 g/mol. The number of hydrogen-bond acceptors (Lipinski definition) is 3. The van der Waals surface area contributed by atoms with Gasteiger partial charge in [0.15, 0.2) is 11.6 Å². The van der Waals surface area contributed by atoms with Crippen LogP contribution in [0.3, 0.4) is 0 Å². The van der Waals surface area contributed by atoms with Crippen LogP contribution in [0.25, 0.3) is 0 Å². The van der Waals surface area contributed by atoms with Crippen LogP contribution in [0.4, 0.5) is 8.78 Å². The molecule has 1 atom stereocenters. The Morgan fingerprint density at radius 2 is 2.05 bits per heavy atom. The molecule has 0 amide bonds. The first kappa shape index (κ1) is 15.6. The lowest BCUT2D eigenvalue weighted by molar-refractivity contribution is 0.00247. The van der Waals surface area contributed by atoms with Crippen LogP contribution < -0.4 is 0 Å². The second kappa shape index (κ2) is 7.84. The quantitative estimate of drug-likeness (QED) is 0.714. The summed E-state index contributed by atoms with van der Waals surface area (Å²) in [6.45, 7) is 2.32. The Bertz CT molecular complexity index is 421. The second-order valence-electron chi connectivity index (χ2n) is 4.25. The van der Waals surface area contributed by atoms with Crippen molar-refractivity contribution in [3.63, 3.8) is 0 Å². The zero-order valence-corrected chi connectivity index (χ0v) is 11.1. The van der Waals surface area contributed by atoms with E-state index in [9.17, 15) is 13.6 Å². The summed E-state index contributed by atoms with van der Waals surface area (Å²) in [6, 6.07) is 2.94. The van der Waals surface area contributed by atoms with Crippen LogP contribution in [-0.2, 0) is 9.47 Å². The number of hydrogen-bond donors (Lipinski definition) is 0. The van der Waals surface area contributed by atoms with Crippen molar-refractivity contribution in [2.75, 3.05) is 13.7 Å². The first-order chi connectivity index (χ1) is 9.08. The third-order valence-electron chi connectivity index (χ3n) is 2.66. The number of carbonyl (C=O) groups excluding carboxylic acids is 1. The van der Waals surface area contributed by atoms with E-state index in [1.807, 2.05) is 6.92 Å². The van der Waals surface area contributed by atoms with Gasteiger partial charge in [0.05, 0.1) is 12.2 Å². The maximum Gasteiger partial charge on any atom is 0.338 e. The molecule has 0 saturated carbocycles. The van der Waals surface area contributed by atoms with Gasteiger partial charge >= 0.3 is 5.97 Å². The number of methoxy groups -OCH3 is 1. The van der Waals surface area contributed by atoms with E-state index in [0.29, 0.717) is 6.42 Å². The molecule has 0 aliphatic rings. The van der Waals surface area contributed by atoms with Gasteiger partial charge in [0, 0.05) is 7.11 Å². The monoisotopic (exact) mass is 272 g/mol. The smallest absolute Gasteiger partial charge is 0.338 e. The largest absolute Gasteiger partial charge is 0.456 e. The molecule has 0 saturated heterocycles. The Labute approximate surface area is 111 Å². The van der Waals surface area contributed by atoms with Crippen molar-refractivity contribution in [1.82, 2.24) is 0 Å². The number of carbonyl (C=O) groups is 1. The maximum atomic E-state index is 13.0. The van der Waals surface area contributed by atoms with Crippen LogP contribution in [0, 0.1) is 11.6 Å². The number of unbranched alkanes of at least 4 members (excludes halogenated alkanes) is 1. The molecule has 1 aromatic carbocycles. The van der Waals surface area contributed by atoms with E-state index >= 15 is 0 Å². The average Bonchev–Trinajstić information content (AvgIpc) is 2.39. The normalized spacial score (nSPS) is 12.2. The predicted octanol–water partition coefficient (Wildman–Crippen LogP) is 3.33. The molecule has 106 valence electrons. The van der Waals surface area contributed by atoms with Gasteiger partial charge in [-0.1, -0.05) is 13.3 Å². The summed E-state index contributed by atoms with van der Waals surface area (Å²) in [5, 5.41) is 0. The zero-order valence-electron chi connectivity index (χ0n) is 11.1. The number of benzene rings is 1. The highest BCUT2D eigenvalue weighted by molar-refractivity contribution is 5.89. The Morgan fingerprint density at radius 3 is 2.63 bits per heavy atom. The molecular formula is C14H18F2O3. The molecule has 19 heavy (non-hydrogen) atoms. The van der Waals surface area contributed by atoms with Crippen LogP contribution in [0.1, 0.15) is 36.5 Å². The predicted molar refractivity (Wildman–Crippen MR) is 67.0 cm³/mol. The number of rotatable bonds is 7. The molecule has 0 heterocycles. The SMILES string of the molecule is CCCCC(COC)OC(=O)c1ccc(F)c(F)c1. The van der Waals surface area contributed by atoms with E-state index in [1.165, 1.54) is 13.2 Å². The Kier molecular flexibility index (Phi) is 6.42. The first-order valence-corrected chi connectivity index (χ1v) is 6.23. The Balaban J connectivity index is 2.66. The van der Waals surface area contributed by atoms with Crippen molar-refractivity contribution >= 4 is 5.97 Å². The molecule has 5 heteroatoms. The minimum atomic E-state index is -1.06. The fourth-order valence-electron chi connectivity index (χ4n) is 1.64. The molecule has 0 N–H and O–H groups in total. The van der Waals surface area contributed by atoms with Crippen LogP contribution in [-0.4, -0.2) is 25.8 Å².